The van der Waals surface area contributed by atoms with Gasteiger partial charge in [0.25, 0.3) is 0 Å². The summed E-state index contributed by atoms with van der Waals surface area (Å²) in [6, 6.07) is 6.49. The lowest BCUT2D eigenvalue weighted by Crippen LogP contribution is -2.42. The highest BCUT2D eigenvalue weighted by molar-refractivity contribution is 5.79. The molecule has 110 valence electrons. The van der Waals surface area contributed by atoms with Gasteiger partial charge in [-0.1, -0.05) is 23.8 Å². The van der Waals surface area contributed by atoms with Crippen molar-refractivity contribution >= 4 is 5.91 Å². The van der Waals surface area contributed by atoms with Gasteiger partial charge in [0.1, 0.15) is 0 Å². The normalized spacial score (nSPS) is 21.5. The Morgan fingerprint density at radius 2 is 2.15 bits per heavy atom. The highest BCUT2D eigenvalue weighted by Crippen LogP contribution is 2.21. The van der Waals surface area contributed by atoms with E-state index in [1.807, 2.05) is 0 Å². The summed E-state index contributed by atoms with van der Waals surface area (Å²) < 4.78 is 0. The molecule has 2 rings (SSSR count). The molecular formula is C17H26N2O. The number of carbonyl (C=O) groups excluding carboxylic acids is 1. The fourth-order valence-corrected chi connectivity index (χ4v) is 3.10. The molecule has 0 aromatic heterocycles. The van der Waals surface area contributed by atoms with E-state index in [1.165, 1.54) is 16.7 Å². The van der Waals surface area contributed by atoms with Crippen LogP contribution in [0.1, 0.15) is 42.5 Å². The predicted octanol–water partition coefficient (Wildman–Crippen LogP) is 2.82. The molecule has 1 N–H and O–H groups in total. The number of benzene rings is 1. The average Bonchev–Trinajstić information content (AvgIpc) is 2.38. The molecule has 0 aliphatic carbocycles. The van der Waals surface area contributed by atoms with Gasteiger partial charge in [0.15, 0.2) is 0 Å². The van der Waals surface area contributed by atoms with Gasteiger partial charge >= 0.3 is 0 Å². The van der Waals surface area contributed by atoms with Crippen molar-refractivity contribution in [1.82, 2.24) is 10.2 Å². The fraction of sp³-hybridized carbons (Fsp3) is 0.588. The Kier molecular flexibility index (Phi) is 4.81. The van der Waals surface area contributed by atoms with E-state index < -0.39 is 0 Å². The predicted molar refractivity (Wildman–Crippen MR) is 82.7 cm³/mol. The molecule has 0 bridgehead atoms. The van der Waals surface area contributed by atoms with Crippen molar-refractivity contribution in [3.05, 3.63) is 34.9 Å². The first-order valence-corrected chi connectivity index (χ1v) is 7.53. The van der Waals surface area contributed by atoms with Crippen LogP contribution in [-0.4, -0.2) is 30.9 Å². The fourth-order valence-electron chi connectivity index (χ4n) is 3.10. The lowest BCUT2D eigenvalue weighted by Gasteiger charge is -2.30. The molecule has 2 unspecified atom stereocenters. The minimum atomic E-state index is 0.0790. The zero-order valence-corrected chi connectivity index (χ0v) is 13.1. The van der Waals surface area contributed by atoms with Crippen molar-refractivity contribution in [2.24, 2.45) is 5.92 Å². The Morgan fingerprint density at radius 1 is 1.40 bits per heavy atom. The molecule has 3 heteroatoms. The minimum absolute atomic E-state index is 0.0790. The molecule has 20 heavy (non-hydrogen) atoms. The summed E-state index contributed by atoms with van der Waals surface area (Å²) in [6.45, 7) is 8.27. The molecule has 1 amide bonds. The highest BCUT2D eigenvalue weighted by atomic mass is 16.2. The van der Waals surface area contributed by atoms with Gasteiger partial charge in [-0.3, -0.25) is 4.79 Å². The highest BCUT2D eigenvalue weighted by Gasteiger charge is 2.25. The first-order valence-electron chi connectivity index (χ1n) is 7.53. The van der Waals surface area contributed by atoms with E-state index in [-0.39, 0.29) is 17.9 Å². The van der Waals surface area contributed by atoms with Crippen molar-refractivity contribution in [3.8, 4) is 0 Å². The van der Waals surface area contributed by atoms with Crippen molar-refractivity contribution in [2.45, 2.75) is 39.7 Å². The third-order valence-corrected chi connectivity index (χ3v) is 4.25. The number of amides is 1. The third-order valence-electron chi connectivity index (χ3n) is 4.25. The molecule has 0 radical (unpaired) electrons. The van der Waals surface area contributed by atoms with Crippen LogP contribution >= 0.6 is 0 Å². The van der Waals surface area contributed by atoms with Crippen LogP contribution in [0.2, 0.25) is 0 Å². The van der Waals surface area contributed by atoms with Gasteiger partial charge in [0, 0.05) is 6.54 Å². The van der Waals surface area contributed by atoms with E-state index >= 15 is 0 Å². The van der Waals surface area contributed by atoms with Crippen LogP contribution in [0.5, 0.6) is 0 Å². The molecule has 2 atom stereocenters. The van der Waals surface area contributed by atoms with Crippen molar-refractivity contribution < 1.29 is 4.79 Å². The zero-order valence-electron chi connectivity index (χ0n) is 13.1. The molecule has 0 spiro atoms. The van der Waals surface area contributed by atoms with Crippen LogP contribution < -0.4 is 5.32 Å². The lowest BCUT2D eigenvalue weighted by atomic mass is 9.96. The number of piperidine rings is 1. The Morgan fingerprint density at radius 3 is 2.80 bits per heavy atom. The summed E-state index contributed by atoms with van der Waals surface area (Å²) in [5.41, 5.74) is 3.73. The molecule has 3 nitrogen and oxygen atoms in total. The topological polar surface area (TPSA) is 32.3 Å². The summed E-state index contributed by atoms with van der Waals surface area (Å²) in [4.78, 5) is 14.6. The van der Waals surface area contributed by atoms with Gasteiger partial charge in [-0.25, -0.2) is 0 Å². The standard InChI is InChI=1S/C17H26N2O/c1-12-7-8-16(13(2)10-12)14(3)18-17(20)15-6-5-9-19(4)11-15/h7-8,10,14-15H,5-6,9,11H2,1-4H3,(H,18,20). The molecule has 1 aliphatic heterocycles. The number of hydrogen-bond acceptors (Lipinski definition) is 2. The molecule has 1 heterocycles. The Labute approximate surface area is 122 Å². The summed E-state index contributed by atoms with van der Waals surface area (Å²) in [7, 11) is 2.09. The molecule has 1 aromatic carbocycles. The zero-order chi connectivity index (χ0) is 14.7. The maximum absolute atomic E-state index is 12.4. The number of nitrogens with zero attached hydrogens (tertiary/aromatic N) is 1. The van der Waals surface area contributed by atoms with Gasteiger partial charge in [-0.15, -0.1) is 0 Å². The first-order chi connectivity index (χ1) is 9.47. The van der Waals surface area contributed by atoms with E-state index in [9.17, 15) is 4.79 Å². The second-order valence-corrected chi connectivity index (χ2v) is 6.19. The van der Waals surface area contributed by atoms with E-state index in [4.69, 9.17) is 0 Å². The van der Waals surface area contributed by atoms with Crippen molar-refractivity contribution in [1.29, 1.82) is 0 Å². The third kappa shape index (κ3) is 3.60. The maximum Gasteiger partial charge on any atom is 0.224 e. The number of hydrogen-bond donors (Lipinski definition) is 1. The Bertz CT molecular complexity index is 484. The van der Waals surface area contributed by atoms with Crippen molar-refractivity contribution in [3.63, 3.8) is 0 Å². The molecule has 1 aromatic rings. The number of carbonyl (C=O) groups is 1. The van der Waals surface area contributed by atoms with Crippen LogP contribution in [-0.2, 0) is 4.79 Å². The van der Waals surface area contributed by atoms with Gasteiger partial charge in [0.2, 0.25) is 5.91 Å². The van der Waals surface area contributed by atoms with Gasteiger partial charge in [-0.05, 0) is 58.3 Å². The number of aryl methyl sites for hydroxylation is 2. The number of rotatable bonds is 3. The van der Waals surface area contributed by atoms with Gasteiger partial charge in [-0.2, -0.15) is 0 Å². The van der Waals surface area contributed by atoms with Crippen molar-refractivity contribution in [2.75, 3.05) is 20.1 Å². The monoisotopic (exact) mass is 274 g/mol. The Balaban J connectivity index is 1.99. The van der Waals surface area contributed by atoms with Crippen LogP contribution in [0.15, 0.2) is 18.2 Å². The SMILES string of the molecule is Cc1ccc(C(C)NC(=O)C2CCCN(C)C2)c(C)c1. The summed E-state index contributed by atoms with van der Waals surface area (Å²) in [6.07, 6.45) is 2.13. The van der Waals surface area contributed by atoms with Gasteiger partial charge < -0.3 is 10.2 Å². The van der Waals surface area contributed by atoms with E-state index in [1.54, 1.807) is 0 Å². The lowest BCUT2D eigenvalue weighted by molar-refractivity contribution is -0.127. The maximum atomic E-state index is 12.4. The van der Waals surface area contributed by atoms with Crippen LogP contribution in [0.3, 0.4) is 0 Å². The number of nitrogens with one attached hydrogen (secondary N) is 1. The molecule has 1 aliphatic rings. The molecule has 1 fully saturated rings. The molecular weight excluding hydrogens is 248 g/mol. The largest absolute Gasteiger partial charge is 0.349 e. The van der Waals surface area contributed by atoms with E-state index in [0.717, 1.165) is 25.9 Å². The average molecular weight is 274 g/mol. The van der Waals surface area contributed by atoms with E-state index in [2.05, 4.69) is 56.2 Å². The quantitative estimate of drug-likeness (QED) is 0.919. The first kappa shape index (κ1) is 15.0. The summed E-state index contributed by atoms with van der Waals surface area (Å²) in [5.74, 6) is 0.339. The minimum Gasteiger partial charge on any atom is -0.349 e. The molecule has 1 saturated heterocycles. The Hall–Kier alpha value is -1.35. The summed E-state index contributed by atoms with van der Waals surface area (Å²) >= 11 is 0. The number of likely N-dealkylation sites (tertiary alicyclic amines) is 1. The summed E-state index contributed by atoms with van der Waals surface area (Å²) in [5, 5.41) is 3.18. The second-order valence-electron chi connectivity index (χ2n) is 6.19. The second kappa shape index (κ2) is 6.40. The van der Waals surface area contributed by atoms with Gasteiger partial charge in [0.05, 0.1) is 12.0 Å². The van der Waals surface area contributed by atoms with E-state index in [0.29, 0.717) is 0 Å². The van der Waals surface area contributed by atoms with Crippen LogP contribution in [0, 0.1) is 19.8 Å². The smallest absolute Gasteiger partial charge is 0.224 e. The van der Waals surface area contributed by atoms with Crippen LogP contribution in [0.25, 0.3) is 0 Å². The molecule has 0 saturated carbocycles. The van der Waals surface area contributed by atoms with Crippen LogP contribution in [0.4, 0.5) is 0 Å².